The number of aryl methyl sites for hydroxylation is 1. The van der Waals surface area contributed by atoms with Gasteiger partial charge in [0.2, 0.25) is 5.91 Å². The lowest BCUT2D eigenvalue weighted by molar-refractivity contribution is -0.111. The predicted molar refractivity (Wildman–Crippen MR) is 155 cm³/mol. The van der Waals surface area contributed by atoms with Crippen molar-refractivity contribution in [3.8, 4) is 5.75 Å². The molecule has 1 heterocycles. The lowest BCUT2D eigenvalue weighted by Crippen LogP contribution is -2.29. The summed E-state index contributed by atoms with van der Waals surface area (Å²) in [6.45, 7) is 7.06. The normalized spacial score (nSPS) is 13.4. The number of hydrogen-bond donors (Lipinski definition) is 2. The van der Waals surface area contributed by atoms with E-state index in [9.17, 15) is 9.59 Å². The topological polar surface area (TPSA) is 70.7 Å². The first kappa shape index (κ1) is 27.0. The Kier molecular flexibility index (Phi) is 9.57. The van der Waals surface area contributed by atoms with Crippen molar-refractivity contribution in [3.63, 3.8) is 0 Å². The van der Waals surface area contributed by atoms with Crippen LogP contribution < -0.4 is 20.3 Å². The lowest BCUT2D eigenvalue weighted by Gasteiger charge is -2.28. The minimum atomic E-state index is -0.223. The molecule has 0 unspecified atom stereocenters. The Hall–Kier alpha value is -4.06. The van der Waals surface area contributed by atoms with Gasteiger partial charge in [0.1, 0.15) is 5.75 Å². The lowest BCUT2D eigenvalue weighted by atomic mass is 10.1. The second kappa shape index (κ2) is 13.5. The van der Waals surface area contributed by atoms with Gasteiger partial charge in [0.05, 0.1) is 6.61 Å². The van der Waals surface area contributed by atoms with Gasteiger partial charge in [-0.3, -0.25) is 9.59 Å². The number of nitrogens with zero attached hydrogens (tertiary/aromatic N) is 1. The van der Waals surface area contributed by atoms with Gasteiger partial charge in [0, 0.05) is 48.2 Å². The maximum Gasteiger partial charge on any atom is 0.251 e. The highest BCUT2D eigenvalue weighted by Gasteiger charge is 2.13. The van der Waals surface area contributed by atoms with Gasteiger partial charge in [-0.25, -0.2) is 0 Å². The van der Waals surface area contributed by atoms with Gasteiger partial charge in [0.15, 0.2) is 0 Å². The van der Waals surface area contributed by atoms with Crippen LogP contribution in [0.5, 0.6) is 5.75 Å². The van der Waals surface area contributed by atoms with Crippen LogP contribution in [0.15, 0.2) is 72.8 Å². The maximum absolute atomic E-state index is 12.9. The molecule has 0 aliphatic carbocycles. The summed E-state index contributed by atoms with van der Waals surface area (Å²) in [7, 11) is 0. The van der Waals surface area contributed by atoms with E-state index in [0.717, 1.165) is 41.9 Å². The number of amides is 2. The molecule has 6 heteroatoms. The molecule has 0 aromatic heterocycles. The van der Waals surface area contributed by atoms with Gasteiger partial charge in [-0.15, -0.1) is 0 Å². The van der Waals surface area contributed by atoms with Gasteiger partial charge in [-0.05, 0) is 92.3 Å². The minimum Gasteiger partial charge on any atom is -0.493 e. The fourth-order valence-electron chi connectivity index (χ4n) is 4.52. The summed E-state index contributed by atoms with van der Waals surface area (Å²) in [6.07, 6.45) is 7.92. The fourth-order valence-corrected chi connectivity index (χ4v) is 4.52. The number of carbonyl (C=O) groups excluding carboxylic acids is 2. The Bertz CT molecular complexity index is 1260. The quantitative estimate of drug-likeness (QED) is 0.311. The van der Waals surface area contributed by atoms with E-state index in [0.29, 0.717) is 23.6 Å². The molecule has 2 amide bonds. The summed E-state index contributed by atoms with van der Waals surface area (Å²) in [5.41, 5.74) is 5.33. The van der Waals surface area contributed by atoms with Crippen LogP contribution in [0.1, 0.15) is 59.7 Å². The highest BCUT2D eigenvalue weighted by Crippen LogP contribution is 2.24. The highest BCUT2D eigenvalue weighted by molar-refractivity contribution is 6.02. The molecule has 0 spiro atoms. The van der Waals surface area contributed by atoms with Crippen molar-refractivity contribution < 1.29 is 14.3 Å². The number of benzene rings is 3. The van der Waals surface area contributed by atoms with Crippen molar-refractivity contribution >= 4 is 29.3 Å². The van der Waals surface area contributed by atoms with Crippen molar-refractivity contribution in [1.29, 1.82) is 0 Å². The minimum absolute atomic E-state index is 0.146. The average Bonchev–Trinajstić information content (AvgIpc) is 2.95. The van der Waals surface area contributed by atoms with Crippen LogP contribution in [0.25, 0.3) is 6.08 Å². The highest BCUT2D eigenvalue weighted by atomic mass is 16.5. The van der Waals surface area contributed by atoms with E-state index in [1.807, 2.05) is 80.6 Å². The van der Waals surface area contributed by atoms with E-state index >= 15 is 0 Å². The number of carbonyl (C=O) groups is 2. The number of nitrogens with one attached hydrogen (secondary N) is 2. The molecule has 3 aromatic carbocycles. The largest absolute Gasteiger partial charge is 0.493 e. The summed E-state index contributed by atoms with van der Waals surface area (Å²) >= 11 is 0. The van der Waals surface area contributed by atoms with Crippen LogP contribution in [-0.2, 0) is 11.3 Å². The van der Waals surface area contributed by atoms with Crippen molar-refractivity contribution in [2.75, 3.05) is 29.9 Å². The van der Waals surface area contributed by atoms with Crippen LogP contribution >= 0.6 is 0 Å². The van der Waals surface area contributed by atoms with Gasteiger partial charge >= 0.3 is 0 Å². The van der Waals surface area contributed by atoms with Gasteiger partial charge in [-0.1, -0.05) is 31.2 Å². The molecule has 38 heavy (non-hydrogen) atoms. The van der Waals surface area contributed by atoms with Crippen molar-refractivity contribution in [2.24, 2.45) is 0 Å². The molecule has 4 rings (SSSR count). The third kappa shape index (κ3) is 7.48. The zero-order valence-electron chi connectivity index (χ0n) is 22.3. The van der Waals surface area contributed by atoms with Crippen LogP contribution in [-0.4, -0.2) is 31.5 Å². The Labute approximate surface area is 225 Å². The summed E-state index contributed by atoms with van der Waals surface area (Å²) in [6, 6.07) is 21.2. The van der Waals surface area contributed by atoms with E-state index in [4.69, 9.17) is 4.74 Å². The molecular formula is C32H37N3O3. The van der Waals surface area contributed by atoms with Crippen LogP contribution in [0.4, 0.5) is 11.4 Å². The SMILES string of the molecule is CCCOc1ccc(NC(=O)/C=C/c2ccccc2C)cc1CNC(=O)c1ccc(N2CCCCC2)cc1. The second-order valence-electron chi connectivity index (χ2n) is 9.63. The van der Waals surface area contributed by atoms with Gasteiger partial charge in [-0.2, -0.15) is 0 Å². The number of anilines is 2. The smallest absolute Gasteiger partial charge is 0.251 e. The molecule has 0 radical (unpaired) electrons. The molecule has 198 valence electrons. The molecule has 1 aliphatic rings. The summed E-state index contributed by atoms with van der Waals surface area (Å²) < 4.78 is 5.90. The van der Waals surface area contributed by atoms with Crippen LogP contribution in [0.2, 0.25) is 0 Å². The number of hydrogen-bond acceptors (Lipinski definition) is 4. The molecule has 1 aliphatic heterocycles. The zero-order valence-corrected chi connectivity index (χ0v) is 22.3. The van der Waals surface area contributed by atoms with Crippen molar-refractivity contribution in [1.82, 2.24) is 5.32 Å². The van der Waals surface area contributed by atoms with Crippen molar-refractivity contribution in [2.45, 2.75) is 46.1 Å². The van der Waals surface area contributed by atoms with E-state index in [1.165, 1.54) is 25.3 Å². The molecule has 1 saturated heterocycles. The van der Waals surface area contributed by atoms with E-state index < -0.39 is 0 Å². The molecule has 1 fully saturated rings. The monoisotopic (exact) mass is 511 g/mol. The molecule has 3 aromatic rings. The van der Waals surface area contributed by atoms with E-state index in [2.05, 4.69) is 15.5 Å². The molecule has 2 N–H and O–H groups in total. The number of ether oxygens (including phenoxy) is 1. The average molecular weight is 512 g/mol. The second-order valence-corrected chi connectivity index (χ2v) is 9.63. The standard InChI is InChI=1S/C32H37N3O3/c1-3-21-38-30-17-14-28(34-31(36)18-13-25-10-6-5-9-24(25)2)22-27(30)23-33-32(37)26-11-15-29(16-12-26)35-19-7-4-8-20-35/h5-6,9-18,22H,3-4,7-8,19-21,23H2,1-2H3,(H,33,37)(H,34,36)/b18-13+. The Balaban J connectivity index is 1.40. The first-order valence-corrected chi connectivity index (χ1v) is 13.5. The van der Waals surface area contributed by atoms with Gasteiger partial charge in [0.25, 0.3) is 5.91 Å². The maximum atomic E-state index is 12.9. The molecule has 6 nitrogen and oxygen atoms in total. The summed E-state index contributed by atoms with van der Waals surface area (Å²) in [4.78, 5) is 27.8. The fraction of sp³-hybridized carbons (Fsp3) is 0.312. The Morgan fingerprint density at radius 1 is 0.974 bits per heavy atom. The Morgan fingerprint density at radius 2 is 1.74 bits per heavy atom. The summed E-state index contributed by atoms with van der Waals surface area (Å²) in [5.74, 6) is 0.326. The third-order valence-corrected chi connectivity index (χ3v) is 6.68. The van der Waals surface area contributed by atoms with Gasteiger partial charge < -0.3 is 20.3 Å². The Morgan fingerprint density at radius 3 is 2.47 bits per heavy atom. The van der Waals surface area contributed by atoms with E-state index in [-0.39, 0.29) is 18.4 Å². The summed E-state index contributed by atoms with van der Waals surface area (Å²) in [5, 5.41) is 5.92. The third-order valence-electron chi connectivity index (χ3n) is 6.68. The van der Waals surface area contributed by atoms with E-state index in [1.54, 1.807) is 6.08 Å². The van der Waals surface area contributed by atoms with Crippen molar-refractivity contribution in [3.05, 3.63) is 95.1 Å². The first-order valence-electron chi connectivity index (χ1n) is 13.5. The number of rotatable bonds is 10. The molecular weight excluding hydrogens is 474 g/mol. The molecule has 0 saturated carbocycles. The predicted octanol–water partition coefficient (Wildman–Crippen LogP) is 6.36. The molecule has 0 atom stereocenters. The molecule has 0 bridgehead atoms. The zero-order chi connectivity index (χ0) is 26.7. The van der Waals surface area contributed by atoms with Crippen LogP contribution in [0.3, 0.4) is 0 Å². The van der Waals surface area contributed by atoms with Crippen LogP contribution in [0, 0.1) is 6.92 Å². The first-order chi connectivity index (χ1) is 18.5. The number of piperidine rings is 1.